The number of pyridine rings is 3. The Balaban J connectivity index is 1.43. The van der Waals surface area contributed by atoms with E-state index in [4.69, 9.17) is 14.7 Å². The Labute approximate surface area is 245 Å². The minimum absolute atomic E-state index is 0.000131. The molecule has 12 nitrogen and oxygen atoms in total. The second kappa shape index (κ2) is 10.5. The Morgan fingerprint density at radius 3 is 2.67 bits per heavy atom. The molecule has 2 aliphatic heterocycles. The predicted octanol–water partition coefficient (Wildman–Crippen LogP) is 2.66. The van der Waals surface area contributed by atoms with Crippen molar-refractivity contribution in [3.63, 3.8) is 0 Å². The molecule has 6 heterocycles. The molecule has 6 rings (SSSR count). The topological polar surface area (TPSA) is 149 Å². The maximum Gasteiger partial charge on any atom is 0.158 e. The summed E-state index contributed by atoms with van der Waals surface area (Å²) in [5, 5.41) is 8.86. The highest BCUT2D eigenvalue weighted by Gasteiger charge is 2.38. The lowest BCUT2D eigenvalue weighted by Gasteiger charge is -2.48. The van der Waals surface area contributed by atoms with Crippen LogP contribution in [0.4, 0.5) is 11.5 Å². The molecular weight excluding hydrogens is 578 g/mol. The summed E-state index contributed by atoms with van der Waals surface area (Å²) in [6.07, 6.45) is 6.89. The SMILES string of the molecule is COc1ccncc1-c1cc2c(cnn2-c2cc(N3C[C@H](CS(C)(=O)=O)[C@H]3C)cc(NC3CCS(=O)(=O)C3)n2)c(C)n1. The van der Waals surface area contributed by atoms with Crippen molar-refractivity contribution in [2.75, 3.05) is 47.4 Å². The van der Waals surface area contributed by atoms with E-state index in [1.807, 2.05) is 32.0 Å². The minimum atomic E-state index is -3.10. The van der Waals surface area contributed by atoms with Crippen LogP contribution in [0.5, 0.6) is 5.75 Å². The number of hydrogen-bond acceptors (Lipinski definition) is 11. The average Bonchev–Trinajstić information content (AvgIpc) is 3.52. The van der Waals surface area contributed by atoms with Gasteiger partial charge in [0.1, 0.15) is 21.4 Å². The third-order valence-corrected chi connectivity index (χ3v) is 10.9. The molecule has 2 aliphatic rings. The van der Waals surface area contributed by atoms with Gasteiger partial charge in [-0.05, 0) is 32.4 Å². The number of aryl methyl sites for hydroxylation is 1. The standard InChI is InChI=1S/C28H33N7O5S2/c1-17-22-13-30-35(25(22)11-24(31-17)23-12-29-7-5-26(23)40-3)28-10-21(34-14-19(18(34)2)15-41(4,36)37)9-27(33-28)32-20-6-8-42(38,39)16-20/h5,7,9-13,18-20H,6,8,14-16H2,1-4H3,(H,32,33)/t18-,19-,20?/m1/s1. The molecule has 0 bridgehead atoms. The Hall–Kier alpha value is -3.78. The fourth-order valence-electron chi connectivity index (χ4n) is 5.83. The molecule has 4 aromatic heterocycles. The van der Waals surface area contributed by atoms with Crippen LogP contribution in [0.15, 0.2) is 42.9 Å². The van der Waals surface area contributed by atoms with Crippen LogP contribution in [0.2, 0.25) is 0 Å². The predicted molar refractivity (Wildman–Crippen MR) is 162 cm³/mol. The number of aromatic nitrogens is 5. The van der Waals surface area contributed by atoms with Gasteiger partial charge in [0, 0.05) is 72.1 Å². The summed E-state index contributed by atoms with van der Waals surface area (Å²) in [5.74, 6) is 2.07. The van der Waals surface area contributed by atoms with Crippen LogP contribution in [0.3, 0.4) is 0 Å². The summed E-state index contributed by atoms with van der Waals surface area (Å²) >= 11 is 0. The van der Waals surface area contributed by atoms with Crippen molar-refractivity contribution >= 4 is 42.1 Å². The summed E-state index contributed by atoms with van der Waals surface area (Å²) in [6, 6.07) is 7.28. The van der Waals surface area contributed by atoms with Crippen molar-refractivity contribution in [1.29, 1.82) is 0 Å². The molecule has 222 valence electrons. The van der Waals surface area contributed by atoms with Gasteiger partial charge in [-0.25, -0.2) is 26.5 Å². The van der Waals surface area contributed by atoms with Crippen molar-refractivity contribution in [3.8, 4) is 22.8 Å². The largest absolute Gasteiger partial charge is 0.496 e. The van der Waals surface area contributed by atoms with Gasteiger partial charge in [-0.3, -0.25) is 9.97 Å². The second-order valence-electron chi connectivity index (χ2n) is 11.2. The zero-order valence-corrected chi connectivity index (χ0v) is 25.5. The molecule has 3 atom stereocenters. The van der Waals surface area contributed by atoms with Gasteiger partial charge in [0.2, 0.25) is 0 Å². The van der Waals surface area contributed by atoms with Crippen molar-refractivity contribution in [3.05, 3.63) is 48.5 Å². The Morgan fingerprint density at radius 1 is 1.17 bits per heavy atom. The van der Waals surface area contributed by atoms with Gasteiger partial charge in [0.15, 0.2) is 15.7 Å². The van der Waals surface area contributed by atoms with Gasteiger partial charge in [-0.15, -0.1) is 0 Å². The van der Waals surface area contributed by atoms with Crippen LogP contribution in [-0.4, -0.2) is 90.8 Å². The molecule has 1 unspecified atom stereocenters. The van der Waals surface area contributed by atoms with Crippen LogP contribution < -0.4 is 15.0 Å². The van der Waals surface area contributed by atoms with E-state index in [-0.39, 0.29) is 35.3 Å². The fraction of sp³-hybridized carbons (Fsp3) is 0.429. The number of ether oxygens (including phenoxy) is 1. The van der Waals surface area contributed by atoms with Gasteiger partial charge in [-0.2, -0.15) is 5.10 Å². The smallest absolute Gasteiger partial charge is 0.158 e. The van der Waals surface area contributed by atoms with Gasteiger partial charge in [0.05, 0.1) is 47.3 Å². The van der Waals surface area contributed by atoms with Crippen molar-refractivity contribution < 1.29 is 21.6 Å². The molecule has 2 fully saturated rings. The number of sulfone groups is 2. The molecule has 4 aromatic rings. The Morgan fingerprint density at radius 2 is 1.98 bits per heavy atom. The lowest BCUT2D eigenvalue weighted by molar-refractivity contribution is 0.341. The van der Waals surface area contributed by atoms with E-state index in [9.17, 15) is 16.8 Å². The Bertz CT molecular complexity index is 1890. The fourth-order valence-corrected chi connectivity index (χ4v) is 8.66. The van der Waals surface area contributed by atoms with E-state index in [1.54, 1.807) is 36.4 Å². The molecule has 0 aromatic carbocycles. The highest BCUT2D eigenvalue weighted by atomic mass is 32.2. The van der Waals surface area contributed by atoms with Crippen molar-refractivity contribution in [2.24, 2.45) is 5.92 Å². The number of hydrogen-bond donors (Lipinski definition) is 1. The number of anilines is 2. The van der Waals surface area contributed by atoms with Crippen molar-refractivity contribution in [2.45, 2.75) is 32.4 Å². The third kappa shape index (κ3) is 5.52. The normalized spacial score (nSPS) is 21.8. The van der Waals surface area contributed by atoms with Crippen LogP contribution in [-0.2, 0) is 19.7 Å². The van der Waals surface area contributed by atoms with E-state index in [0.717, 1.165) is 27.8 Å². The quantitative estimate of drug-likeness (QED) is 0.313. The number of fused-ring (bicyclic) bond motifs is 1. The lowest BCUT2D eigenvalue weighted by atomic mass is 9.91. The van der Waals surface area contributed by atoms with E-state index in [0.29, 0.717) is 36.0 Å². The van der Waals surface area contributed by atoms with Gasteiger partial charge >= 0.3 is 0 Å². The summed E-state index contributed by atoms with van der Waals surface area (Å²) in [7, 11) is -4.59. The molecule has 0 aliphatic carbocycles. The zero-order chi connectivity index (χ0) is 29.8. The molecule has 0 amide bonds. The molecule has 14 heteroatoms. The van der Waals surface area contributed by atoms with E-state index in [2.05, 4.69) is 20.3 Å². The van der Waals surface area contributed by atoms with E-state index < -0.39 is 19.7 Å². The van der Waals surface area contributed by atoms with E-state index >= 15 is 0 Å². The molecule has 0 saturated carbocycles. The Kier molecular flexibility index (Phi) is 7.08. The second-order valence-corrected chi connectivity index (χ2v) is 15.6. The lowest BCUT2D eigenvalue weighted by Crippen LogP contribution is -2.57. The number of nitrogens with zero attached hydrogens (tertiary/aromatic N) is 6. The molecule has 0 spiro atoms. The summed E-state index contributed by atoms with van der Waals surface area (Å²) in [6.45, 7) is 4.52. The molecular formula is C28H33N7O5S2. The van der Waals surface area contributed by atoms with Crippen LogP contribution in [0.25, 0.3) is 28.0 Å². The molecule has 42 heavy (non-hydrogen) atoms. The maximum absolute atomic E-state index is 12.1. The number of nitrogens with one attached hydrogen (secondary N) is 1. The van der Waals surface area contributed by atoms with Crippen LogP contribution >= 0.6 is 0 Å². The first-order chi connectivity index (χ1) is 19.9. The molecule has 0 radical (unpaired) electrons. The summed E-state index contributed by atoms with van der Waals surface area (Å²) in [5.41, 5.74) is 3.84. The van der Waals surface area contributed by atoms with Gasteiger partial charge in [-0.1, -0.05) is 0 Å². The number of methoxy groups -OCH3 is 1. The first-order valence-corrected chi connectivity index (χ1v) is 17.6. The first-order valence-electron chi connectivity index (χ1n) is 13.7. The average molecular weight is 612 g/mol. The third-order valence-electron chi connectivity index (χ3n) is 8.09. The van der Waals surface area contributed by atoms with Crippen LogP contribution in [0, 0.1) is 12.8 Å². The summed E-state index contributed by atoms with van der Waals surface area (Å²) < 4.78 is 55.4. The zero-order valence-electron chi connectivity index (χ0n) is 23.9. The van der Waals surface area contributed by atoms with Crippen molar-refractivity contribution in [1.82, 2.24) is 24.7 Å². The first kappa shape index (κ1) is 28.3. The highest BCUT2D eigenvalue weighted by Crippen LogP contribution is 2.36. The molecule has 2 saturated heterocycles. The van der Waals surface area contributed by atoms with Gasteiger partial charge in [0.25, 0.3) is 0 Å². The monoisotopic (exact) mass is 611 g/mol. The van der Waals surface area contributed by atoms with Gasteiger partial charge < -0.3 is 15.0 Å². The maximum atomic E-state index is 12.1. The molecule has 1 N–H and O–H groups in total. The summed E-state index contributed by atoms with van der Waals surface area (Å²) in [4.78, 5) is 16.0. The highest BCUT2D eigenvalue weighted by molar-refractivity contribution is 7.91. The number of rotatable bonds is 8. The van der Waals surface area contributed by atoms with Crippen LogP contribution in [0.1, 0.15) is 19.0 Å². The van der Waals surface area contributed by atoms with E-state index in [1.165, 1.54) is 6.26 Å². The minimum Gasteiger partial charge on any atom is -0.496 e.